The summed E-state index contributed by atoms with van der Waals surface area (Å²) in [7, 11) is 0. The van der Waals surface area contributed by atoms with Crippen molar-refractivity contribution in [2.24, 2.45) is 0 Å². The standard InChI is InChI=1S/C32H19Cl2N/c33-25-15-8-16-26(34)31(25)35-27-17-6-5-14-24(27)32-22-12-3-1-9-19(22)29(20-10-2-4-13-23(20)32)21-11-7-18-28(35)30(21)32/h1-18,29H. The summed E-state index contributed by atoms with van der Waals surface area (Å²) in [5.41, 5.74) is 12.2. The Labute approximate surface area is 214 Å². The normalized spacial score (nSPS) is 20.1. The quantitative estimate of drug-likeness (QED) is 0.223. The van der Waals surface area contributed by atoms with Gasteiger partial charge in [-0.2, -0.15) is 0 Å². The van der Waals surface area contributed by atoms with E-state index in [1.165, 1.54) is 38.9 Å². The van der Waals surface area contributed by atoms with Crippen LogP contribution in [0.3, 0.4) is 0 Å². The minimum Gasteiger partial charge on any atom is -0.307 e. The molecular formula is C32H19Cl2N. The molecular weight excluding hydrogens is 469 g/mol. The minimum absolute atomic E-state index is 0.202. The maximum atomic E-state index is 6.83. The molecule has 1 heterocycles. The van der Waals surface area contributed by atoms with E-state index in [1.54, 1.807) is 0 Å². The van der Waals surface area contributed by atoms with Gasteiger partial charge in [-0.25, -0.2) is 0 Å². The Hall–Kier alpha value is -3.52. The average Bonchev–Trinajstić information content (AvgIpc) is 2.90. The van der Waals surface area contributed by atoms with Crippen LogP contribution in [0.1, 0.15) is 44.9 Å². The molecule has 3 aliphatic carbocycles. The van der Waals surface area contributed by atoms with Crippen molar-refractivity contribution in [3.05, 3.63) is 158 Å². The summed E-state index contributed by atoms with van der Waals surface area (Å²) in [4.78, 5) is 2.27. The number of halogens is 2. The third-order valence-corrected chi connectivity index (χ3v) is 8.67. The predicted octanol–water partition coefficient (Wildman–Crippen LogP) is 8.97. The van der Waals surface area contributed by atoms with Crippen molar-refractivity contribution >= 4 is 40.3 Å². The van der Waals surface area contributed by atoms with Crippen LogP contribution in [0.25, 0.3) is 0 Å². The summed E-state index contributed by atoms with van der Waals surface area (Å²) in [5.74, 6) is 0.202. The van der Waals surface area contributed by atoms with Crippen molar-refractivity contribution < 1.29 is 0 Å². The highest BCUT2D eigenvalue weighted by Gasteiger charge is 2.57. The van der Waals surface area contributed by atoms with Gasteiger partial charge >= 0.3 is 0 Å². The SMILES string of the molecule is Clc1cccc(Cl)c1N1c2ccccc2C23c4ccccc4C(c4ccccc42)c2cccc1c23. The molecule has 1 aliphatic heterocycles. The van der Waals surface area contributed by atoms with Crippen LogP contribution in [-0.2, 0) is 5.41 Å². The molecule has 5 aromatic rings. The average molecular weight is 488 g/mol. The molecule has 2 bridgehead atoms. The molecule has 0 radical (unpaired) electrons. The zero-order chi connectivity index (χ0) is 23.3. The van der Waals surface area contributed by atoms with E-state index in [1.807, 2.05) is 18.2 Å². The van der Waals surface area contributed by atoms with Crippen molar-refractivity contribution in [3.8, 4) is 0 Å². The largest absolute Gasteiger partial charge is 0.307 e. The molecule has 0 amide bonds. The molecule has 0 atom stereocenters. The van der Waals surface area contributed by atoms with Gasteiger partial charge in [0.05, 0.1) is 32.5 Å². The molecule has 35 heavy (non-hydrogen) atoms. The molecule has 166 valence electrons. The lowest BCUT2D eigenvalue weighted by Crippen LogP contribution is -2.46. The molecule has 0 fully saturated rings. The molecule has 0 unspecified atom stereocenters. The lowest BCUT2D eigenvalue weighted by molar-refractivity contribution is 0.622. The minimum atomic E-state index is -0.394. The van der Waals surface area contributed by atoms with Gasteiger partial charge in [0, 0.05) is 5.92 Å². The van der Waals surface area contributed by atoms with Crippen molar-refractivity contribution in [1.82, 2.24) is 0 Å². The van der Waals surface area contributed by atoms with Gasteiger partial charge in [-0.05, 0) is 63.2 Å². The summed E-state index contributed by atoms with van der Waals surface area (Å²) in [6.45, 7) is 0. The van der Waals surface area contributed by atoms with Crippen molar-refractivity contribution in [2.45, 2.75) is 11.3 Å². The number of rotatable bonds is 1. The number of nitrogens with zero attached hydrogens (tertiary/aromatic N) is 1. The van der Waals surface area contributed by atoms with E-state index in [0.29, 0.717) is 10.0 Å². The van der Waals surface area contributed by atoms with Crippen LogP contribution in [0.4, 0.5) is 17.1 Å². The molecule has 0 saturated carbocycles. The van der Waals surface area contributed by atoms with Gasteiger partial charge < -0.3 is 4.90 Å². The summed E-state index contributed by atoms with van der Waals surface area (Å²) in [5, 5.41) is 1.28. The number of benzene rings is 5. The number of para-hydroxylation sites is 2. The smallest absolute Gasteiger partial charge is 0.0835 e. The van der Waals surface area contributed by atoms with Gasteiger partial charge in [0.15, 0.2) is 0 Å². The zero-order valence-corrected chi connectivity index (χ0v) is 20.2. The van der Waals surface area contributed by atoms with Crippen molar-refractivity contribution in [2.75, 3.05) is 4.90 Å². The first-order valence-electron chi connectivity index (χ1n) is 11.9. The first kappa shape index (κ1) is 19.8. The summed E-state index contributed by atoms with van der Waals surface area (Å²) < 4.78 is 0. The molecule has 0 saturated heterocycles. The first-order chi connectivity index (χ1) is 17.2. The Morgan fingerprint density at radius 3 is 1.71 bits per heavy atom. The topological polar surface area (TPSA) is 3.24 Å². The van der Waals surface area contributed by atoms with Gasteiger partial charge in [0.1, 0.15) is 0 Å². The molecule has 1 spiro atoms. The third-order valence-electron chi connectivity index (χ3n) is 8.06. The summed E-state index contributed by atoms with van der Waals surface area (Å²) in [6.07, 6.45) is 0. The highest BCUT2D eigenvalue weighted by molar-refractivity contribution is 6.39. The highest BCUT2D eigenvalue weighted by Crippen LogP contribution is 2.68. The Balaban J connectivity index is 1.60. The molecule has 0 aromatic heterocycles. The van der Waals surface area contributed by atoms with Crippen LogP contribution < -0.4 is 4.90 Å². The molecule has 3 heteroatoms. The van der Waals surface area contributed by atoms with Gasteiger partial charge in [0.25, 0.3) is 0 Å². The molecule has 9 rings (SSSR count). The van der Waals surface area contributed by atoms with Crippen LogP contribution in [-0.4, -0.2) is 0 Å². The third kappa shape index (κ3) is 2.22. The van der Waals surface area contributed by atoms with Crippen molar-refractivity contribution in [3.63, 3.8) is 0 Å². The molecule has 4 aliphatic rings. The van der Waals surface area contributed by atoms with Crippen LogP contribution in [0.5, 0.6) is 0 Å². The fourth-order valence-electron chi connectivity index (χ4n) is 6.97. The molecule has 1 nitrogen and oxygen atoms in total. The summed E-state index contributed by atoms with van der Waals surface area (Å²) >= 11 is 13.7. The van der Waals surface area contributed by atoms with E-state index in [-0.39, 0.29) is 5.92 Å². The second-order valence-corrected chi connectivity index (χ2v) is 10.3. The second-order valence-electron chi connectivity index (χ2n) is 9.52. The fourth-order valence-corrected chi connectivity index (χ4v) is 7.54. The highest BCUT2D eigenvalue weighted by atomic mass is 35.5. The van der Waals surface area contributed by atoms with Gasteiger partial charge in [-0.15, -0.1) is 0 Å². The van der Waals surface area contributed by atoms with E-state index in [0.717, 1.165) is 17.1 Å². The van der Waals surface area contributed by atoms with Gasteiger partial charge in [-0.3, -0.25) is 0 Å². The van der Waals surface area contributed by atoms with E-state index in [4.69, 9.17) is 23.2 Å². The Bertz CT molecular complexity index is 1630. The van der Waals surface area contributed by atoms with Gasteiger partial charge in [0.2, 0.25) is 0 Å². The number of fused-ring (bicyclic) bond motifs is 1. The van der Waals surface area contributed by atoms with Crippen LogP contribution >= 0.6 is 23.2 Å². The van der Waals surface area contributed by atoms with E-state index in [9.17, 15) is 0 Å². The molecule has 0 N–H and O–H groups in total. The van der Waals surface area contributed by atoms with Crippen LogP contribution in [0.15, 0.2) is 109 Å². The summed E-state index contributed by atoms with van der Waals surface area (Å²) in [6, 6.07) is 39.2. The zero-order valence-electron chi connectivity index (χ0n) is 18.7. The van der Waals surface area contributed by atoms with E-state index < -0.39 is 5.41 Å². The predicted molar refractivity (Wildman–Crippen MR) is 144 cm³/mol. The Kier molecular flexibility index (Phi) is 3.83. The van der Waals surface area contributed by atoms with Crippen molar-refractivity contribution in [1.29, 1.82) is 0 Å². The number of hydrogen-bond donors (Lipinski definition) is 0. The maximum absolute atomic E-state index is 6.83. The monoisotopic (exact) mass is 487 g/mol. The van der Waals surface area contributed by atoms with E-state index >= 15 is 0 Å². The second kappa shape index (κ2) is 6.79. The fraction of sp³-hybridized carbons (Fsp3) is 0.0625. The first-order valence-corrected chi connectivity index (χ1v) is 12.6. The lowest BCUT2D eigenvalue weighted by atomic mass is 9.49. The lowest BCUT2D eigenvalue weighted by Gasteiger charge is -2.55. The maximum Gasteiger partial charge on any atom is 0.0835 e. The van der Waals surface area contributed by atoms with Crippen LogP contribution in [0.2, 0.25) is 10.0 Å². The van der Waals surface area contributed by atoms with Gasteiger partial charge in [-0.1, -0.05) is 108 Å². The van der Waals surface area contributed by atoms with E-state index in [2.05, 4.69) is 95.9 Å². The number of hydrogen-bond acceptors (Lipinski definition) is 1. The Morgan fingerprint density at radius 1 is 0.514 bits per heavy atom. The molecule has 5 aromatic carbocycles. The number of anilines is 3. The Morgan fingerprint density at radius 2 is 1.03 bits per heavy atom. The van der Waals surface area contributed by atoms with Crippen LogP contribution in [0, 0.1) is 0 Å².